The Morgan fingerprint density at radius 3 is 3.00 bits per heavy atom. The maximum Gasteiger partial charge on any atom is 0.228 e. The summed E-state index contributed by atoms with van der Waals surface area (Å²) in [4.78, 5) is 16.6. The minimum atomic E-state index is -0.359. The molecule has 0 unspecified atom stereocenters. The van der Waals surface area contributed by atoms with Crippen LogP contribution >= 0.6 is 11.3 Å². The van der Waals surface area contributed by atoms with Crippen molar-refractivity contribution in [2.75, 3.05) is 33.4 Å². The van der Waals surface area contributed by atoms with E-state index >= 15 is 0 Å². The van der Waals surface area contributed by atoms with E-state index in [1.807, 2.05) is 10.9 Å². The fourth-order valence-electron chi connectivity index (χ4n) is 2.47. The number of amides is 1. The Morgan fingerprint density at radius 1 is 1.58 bits per heavy atom. The van der Waals surface area contributed by atoms with Crippen LogP contribution in [0.25, 0.3) is 0 Å². The zero-order valence-corrected chi connectivity index (χ0v) is 12.1. The van der Waals surface area contributed by atoms with Gasteiger partial charge in [0.1, 0.15) is 0 Å². The van der Waals surface area contributed by atoms with Gasteiger partial charge in [-0.3, -0.25) is 4.79 Å². The molecule has 5 nitrogen and oxygen atoms in total. The summed E-state index contributed by atoms with van der Waals surface area (Å²) in [5.41, 5.74) is 2.50. The van der Waals surface area contributed by atoms with E-state index in [-0.39, 0.29) is 11.3 Å². The number of aromatic nitrogens is 1. The summed E-state index contributed by atoms with van der Waals surface area (Å²) < 4.78 is 5.26. The number of carbonyl (C=O) groups is 1. The fourth-order valence-corrected chi connectivity index (χ4v) is 3.06. The SMILES string of the molecule is COCC1(C(=O)NCCc2cscn2)CCNCC1. The number of piperidine rings is 1. The molecular formula is C13H21N3O2S. The highest BCUT2D eigenvalue weighted by molar-refractivity contribution is 7.07. The van der Waals surface area contributed by atoms with Crippen molar-refractivity contribution in [1.82, 2.24) is 15.6 Å². The molecule has 0 aromatic carbocycles. The van der Waals surface area contributed by atoms with Gasteiger partial charge in [0.25, 0.3) is 0 Å². The number of nitrogens with zero attached hydrogens (tertiary/aromatic N) is 1. The Bertz CT molecular complexity index is 383. The van der Waals surface area contributed by atoms with E-state index < -0.39 is 0 Å². The molecule has 1 amide bonds. The topological polar surface area (TPSA) is 63.2 Å². The Labute approximate surface area is 117 Å². The molecule has 1 fully saturated rings. The summed E-state index contributed by atoms with van der Waals surface area (Å²) in [6.07, 6.45) is 2.46. The van der Waals surface area contributed by atoms with Crippen molar-refractivity contribution in [3.63, 3.8) is 0 Å². The molecule has 0 spiro atoms. The molecule has 1 aliphatic rings. The van der Waals surface area contributed by atoms with E-state index in [0.717, 1.165) is 38.0 Å². The first-order valence-corrected chi connectivity index (χ1v) is 7.56. The first-order chi connectivity index (χ1) is 9.27. The second-order valence-electron chi connectivity index (χ2n) is 4.95. The number of thiazole rings is 1. The molecule has 1 aromatic heterocycles. The smallest absolute Gasteiger partial charge is 0.228 e. The molecular weight excluding hydrogens is 262 g/mol. The van der Waals surface area contributed by atoms with Crippen molar-refractivity contribution in [3.8, 4) is 0 Å². The molecule has 0 bridgehead atoms. The van der Waals surface area contributed by atoms with E-state index in [4.69, 9.17) is 4.74 Å². The quantitative estimate of drug-likeness (QED) is 0.811. The Balaban J connectivity index is 1.85. The minimum Gasteiger partial charge on any atom is -0.384 e. The predicted octanol–water partition coefficient (Wildman–Crippen LogP) is 0.818. The summed E-state index contributed by atoms with van der Waals surface area (Å²) >= 11 is 1.58. The normalized spacial score (nSPS) is 18.2. The van der Waals surface area contributed by atoms with E-state index in [9.17, 15) is 4.79 Å². The van der Waals surface area contributed by atoms with Gasteiger partial charge >= 0.3 is 0 Å². The van der Waals surface area contributed by atoms with Gasteiger partial charge in [-0.1, -0.05) is 0 Å². The largest absolute Gasteiger partial charge is 0.384 e. The van der Waals surface area contributed by atoms with Crippen molar-refractivity contribution >= 4 is 17.2 Å². The van der Waals surface area contributed by atoms with Gasteiger partial charge in [0, 0.05) is 25.5 Å². The number of hydrogen-bond acceptors (Lipinski definition) is 5. The fraction of sp³-hybridized carbons (Fsp3) is 0.692. The van der Waals surface area contributed by atoms with Gasteiger partial charge in [-0.15, -0.1) is 11.3 Å². The number of rotatable bonds is 6. The van der Waals surface area contributed by atoms with Gasteiger partial charge in [-0.2, -0.15) is 0 Å². The standard InChI is InChI=1S/C13H21N3O2S/c1-18-9-13(3-6-14-7-4-13)12(17)15-5-2-11-8-19-10-16-11/h8,10,14H,2-7,9H2,1H3,(H,15,17). The second kappa shape index (κ2) is 6.98. The average Bonchev–Trinajstić information content (AvgIpc) is 2.93. The molecule has 0 saturated carbocycles. The Hall–Kier alpha value is -0.980. The number of hydrogen-bond donors (Lipinski definition) is 2. The highest BCUT2D eigenvalue weighted by Crippen LogP contribution is 2.29. The third-order valence-electron chi connectivity index (χ3n) is 3.61. The van der Waals surface area contributed by atoms with Crippen molar-refractivity contribution in [1.29, 1.82) is 0 Å². The summed E-state index contributed by atoms with van der Waals surface area (Å²) in [6, 6.07) is 0. The lowest BCUT2D eigenvalue weighted by Gasteiger charge is -2.35. The van der Waals surface area contributed by atoms with E-state index in [1.54, 1.807) is 18.4 Å². The molecule has 0 radical (unpaired) electrons. The summed E-state index contributed by atoms with van der Waals surface area (Å²) in [5, 5.41) is 8.34. The molecule has 2 heterocycles. The highest BCUT2D eigenvalue weighted by atomic mass is 32.1. The van der Waals surface area contributed by atoms with Crippen molar-refractivity contribution < 1.29 is 9.53 Å². The maximum absolute atomic E-state index is 12.4. The zero-order valence-electron chi connectivity index (χ0n) is 11.3. The van der Waals surface area contributed by atoms with Gasteiger partial charge in [0.15, 0.2) is 0 Å². The van der Waals surface area contributed by atoms with Crippen molar-refractivity contribution in [2.24, 2.45) is 5.41 Å². The lowest BCUT2D eigenvalue weighted by molar-refractivity contribution is -0.136. The molecule has 2 N–H and O–H groups in total. The lowest BCUT2D eigenvalue weighted by atomic mass is 9.78. The number of ether oxygens (including phenoxy) is 1. The summed E-state index contributed by atoms with van der Waals surface area (Å²) in [7, 11) is 1.66. The first-order valence-electron chi connectivity index (χ1n) is 6.62. The third-order valence-corrected chi connectivity index (χ3v) is 4.25. The van der Waals surface area contributed by atoms with E-state index in [1.165, 1.54) is 0 Å². The van der Waals surface area contributed by atoms with Crippen LogP contribution in [0.1, 0.15) is 18.5 Å². The van der Waals surface area contributed by atoms with E-state index in [0.29, 0.717) is 13.2 Å². The van der Waals surface area contributed by atoms with Crippen LogP contribution in [-0.2, 0) is 16.0 Å². The van der Waals surface area contributed by atoms with Crippen molar-refractivity contribution in [3.05, 3.63) is 16.6 Å². The second-order valence-corrected chi connectivity index (χ2v) is 5.67. The van der Waals surface area contributed by atoms with Gasteiger partial charge in [-0.05, 0) is 25.9 Å². The van der Waals surface area contributed by atoms with Gasteiger partial charge < -0.3 is 15.4 Å². The van der Waals surface area contributed by atoms with Crippen LogP contribution in [-0.4, -0.2) is 44.2 Å². The predicted molar refractivity (Wildman–Crippen MR) is 75.2 cm³/mol. The first kappa shape index (κ1) is 14.4. The lowest BCUT2D eigenvalue weighted by Crippen LogP contribution is -2.50. The molecule has 106 valence electrons. The molecule has 6 heteroatoms. The van der Waals surface area contributed by atoms with Gasteiger partial charge in [0.2, 0.25) is 5.91 Å². The van der Waals surface area contributed by atoms with Crippen LogP contribution in [0.15, 0.2) is 10.9 Å². The number of nitrogens with one attached hydrogen (secondary N) is 2. The van der Waals surface area contributed by atoms with Crippen LogP contribution in [0.3, 0.4) is 0 Å². The average molecular weight is 283 g/mol. The van der Waals surface area contributed by atoms with Crippen LogP contribution < -0.4 is 10.6 Å². The highest BCUT2D eigenvalue weighted by Gasteiger charge is 2.39. The van der Waals surface area contributed by atoms with Crippen LogP contribution in [0.4, 0.5) is 0 Å². The van der Waals surface area contributed by atoms with Gasteiger partial charge in [-0.25, -0.2) is 4.98 Å². The molecule has 0 atom stereocenters. The van der Waals surface area contributed by atoms with E-state index in [2.05, 4.69) is 15.6 Å². The molecule has 19 heavy (non-hydrogen) atoms. The zero-order chi connectivity index (χ0) is 13.6. The maximum atomic E-state index is 12.4. The van der Waals surface area contributed by atoms with Crippen LogP contribution in [0.5, 0.6) is 0 Å². The third kappa shape index (κ3) is 3.75. The van der Waals surface area contributed by atoms with Crippen LogP contribution in [0, 0.1) is 5.41 Å². The monoisotopic (exact) mass is 283 g/mol. The number of methoxy groups -OCH3 is 1. The minimum absolute atomic E-state index is 0.117. The Kier molecular flexibility index (Phi) is 5.30. The van der Waals surface area contributed by atoms with Crippen LogP contribution in [0.2, 0.25) is 0 Å². The summed E-state index contributed by atoms with van der Waals surface area (Å²) in [5.74, 6) is 0.117. The summed E-state index contributed by atoms with van der Waals surface area (Å²) in [6.45, 7) is 2.89. The molecule has 2 rings (SSSR count). The molecule has 1 aliphatic heterocycles. The number of carbonyl (C=O) groups excluding carboxylic acids is 1. The molecule has 1 saturated heterocycles. The van der Waals surface area contributed by atoms with Crippen molar-refractivity contribution in [2.45, 2.75) is 19.3 Å². The molecule has 0 aliphatic carbocycles. The Morgan fingerprint density at radius 2 is 2.37 bits per heavy atom. The van der Waals surface area contributed by atoms with Gasteiger partial charge in [0.05, 0.1) is 23.2 Å². The molecule has 1 aromatic rings.